The molecule has 0 saturated heterocycles. The van der Waals surface area contributed by atoms with Crippen molar-refractivity contribution in [2.24, 2.45) is 4.99 Å². The van der Waals surface area contributed by atoms with Gasteiger partial charge in [-0.3, -0.25) is 4.99 Å². The van der Waals surface area contributed by atoms with Crippen LogP contribution in [0, 0.1) is 0 Å². The highest BCUT2D eigenvalue weighted by atomic mass is 35.5. The van der Waals surface area contributed by atoms with Crippen molar-refractivity contribution in [1.29, 1.82) is 0 Å². The van der Waals surface area contributed by atoms with Crippen LogP contribution in [-0.2, 0) is 11.3 Å². The second-order valence-corrected chi connectivity index (χ2v) is 5.69. The van der Waals surface area contributed by atoms with Crippen LogP contribution in [0.25, 0.3) is 11.2 Å². The minimum atomic E-state index is 0.477. The van der Waals surface area contributed by atoms with Gasteiger partial charge in [0.05, 0.1) is 32.4 Å². The molecule has 2 aromatic heterocycles. The van der Waals surface area contributed by atoms with Gasteiger partial charge in [0.2, 0.25) is 0 Å². The number of hydrogen-bond acceptors (Lipinski definition) is 4. The maximum Gasteiger partial charge on any atom is 0.176 e. The van der Waals surface area contributed by atoms with Crippen LogP contribution in [0.4, 0.5) is 0 Å². The van der Waals surface area contributed by atoms with Crippen molar-refractivity contribution in [3.05, 3.63) is 52.0 Å². The molecule has 6 nitrogen and oxygen atoms in total. The number of fused-ring (bicyclic) bond motifs is 1. The molecule has 0 radical (unpaired) electrons. The van der Waals surface area contributed by atoms with Crippen LogP contribution >= 0.6 is 23.2 Å². The Morgan fingerprint density at radius 1 is 1.26 bits per heavy atom. The molecule has 8 heteroatoms. The number of nitrogens with zero attached hydrogens (tertiary/aromatic N) is 4. The summed E-state index contributed by atoms with van der Waals surface area (Å²) in [6.45, 7) is 1.56. The van der Waals surface area contributed by atoms with E-state index in [1.807, 2.05) is 22.8 Å². The van der Waals surface area contributed by atoms with E-state index in [4.69, 9.17) is 27.9 Å². The first kappa shape index (κ1) is 16.0. The zero-order chi connectivity index (χ0) is 16.2. The average molecular weight is 352 g/mol. The maximum atomic E-state index is 6.24. The lowest BCUT2D eigenvalue weighted by Gasteiger charge is -2.10. The van der Waals surface area contributed by atoms with E-state index in [0.29, 0.717) is 35.2 Å². The van der Waals surface area contributed by atoms with Crippen LogP contribution in [-0.4, -0.2) is 39.8 Å². The average Bonchev–Trinajstić information content (AvgIpc) is 3.03. The van der Waals surface area contributed by atoms with E-state index >= 15 is 0 Å². The number of imidazole rings is 1. The van der Waals surface area contributed by atoms with Crippen molar-refractivity contribution in [1.82, 2.24) is 19.5 Å². The molecule has 3 rings (SSSR count). The predicted molar refractivity (Wildman–Crippen MR) is 89.7 cm³/mol. The SMILES string of the molecule is COCCN=c1ncn(Cc2c(Cl)cccc2Cl)c2nc[nH]c12. The Kier molecular flexibility index (Phi) is 4.95. The third-order valence-electron chi connectivity index (χ3n) is 3.38. The minimum Gasteiger partial charge on any atom is -0.383 e. The molecule has 0 bridgehead atoms. The molecule has 0 fully saturated rings. The topological polar surface area (TPSA) is 68.1 Å². The molecule has 0 spiro atoms. The summed E-state index contributed by atoms with van der Waals surface area (Å²) >= 11 is 12.5. The fraction of sp³-hybridized carbons (Fsp3) is 0.267. The van der Waals surface area contributed by atoms with E-state index in [9.17, 15) is 0 Å². The molecular weight excluding hydrogens is 337 g/mol. The maximum absolute atomic E-state index is 6.24. The van der Waals surface area contributed by atoms with E-state index in [1.165, 1.54) is 0 Å². The number of aromatic nitrogens is 4. The molecule has 0 saturated carbocycles. The van der Waals surface area contributed by atoms with Gasteiger partial charge in [0, 0.05) is 22.7 Å². The van der Waals surface area contributed by atoms with Gasteiger partial charge in [-0.1, -0.05) is 29.3 Å². The van der Waals surface area contributed by atoms with Gasteiger partial charge in [-0.2, -0.15) is 0 Å². The van der Waals surface area contributed by atoms with Crippen LogP contribution in [0.15, 0.2) is 35.8 Å². The largest absolute Gasteiger partial charge is 0.383 e. The van der Waals surface area contributed by atoms with E-state index in [2.05, 4.69) is 19.9 Å². The number of H-pyrrole nitrogens is 1. The Balaban J connectivity index is 2.02. The Labute approximate surface area is 142 Å². The molecule has 0 amide bonds. The summed E-state index contributed by atoms with van der Waals surface area (Å²) < 4.78 is 6.89. The number of methoxy groups -OCH3 is 1. The second-order valence-electron chi connectivity index (χ2n) is 4.87. The summed E-state index contributed by atoms with van der Waals surface area (Å²) in [5.41, 5.74) is 2.95. The lowest BCUT2D eigenvalue weighted by Crippen LogP contribution is -2.16. The molecule has 120 valence electrons. The molecule has 0 unspecified atom stereocenters. The minimum absolute atomic E-state index is 0.477. The Bertz CT molecular complexity index is 867. The number of nitrogens with one attached hydrogen (secondary N) is 1. The molecule has 1 N–H and O–H groups in total. The highest BCUT2D eigenvalue weighted by Crippen LogP contribution is 2.25. The molecule has 3 aromatic rings. The lowest BCUT2D eigenvalue weighted by molar-refractivity contribution is 0.207. The zero-order valence-electron chi connectivity index (χ0n) is 12.5. The van der Waals surface area contributed by atoms with Gasteiger partial charge in [0.25, 0.3) is 0 Å². The highest BCUT2D eigenvalue weighted by Gasteiger charge is 2.10. The van der Waals surface area contributed by atoms with Crippen molar-refractivity contribution in [3.8, 4) is 0 Å². The van der Waals surface area contributed by atoms with Crippen LogP contribution in [0.3, 0.4) is 0 Å². The summed E-state index contributed by atoms with van der Waals surface area (Å²) in [6, 6.07) is 5.44. The molecule has 23 heavy (non-hydrogen) atoms. The number of rotatable bonds is 5. The first-order valence-corrected chi connectivity index (χ1v) is 7.77. The Morgan fingerprint density at radius 2 is 2.04 bits per heavy atom. The van der Waals surface area contributed by atoms with Crippen molar-refractivity contribution in [3.63, 3.8) is 0 Å². The van der Waals surface area contributed by atoms with E-state index in [0.717, 1.165) is 16.7 Å². The van der Waals surface area contributed by atoms with Crippen molar-refractivity contribution in [2.45, 2.75) is 6.54 Å². The number of aromatic amines is 1. The van der Waals surface area contributed by atoms with Gasteiger partial charge in [-0.05, 0) is 12.1 Å². The fourth-order valence-corrected chi connectivity index (χ4v) is 2.76. The van der Waals surface area contributed by atoms with Gasteiger partial charge >= 0.3 is 0 Å². The van der Waals surface area contributed by atoms with Gasteiger partial charge in [0.1, 0.15) is 5.52 Å². The normalized spacial score (nSPS) is 12.2. The van der Waals surface area contributed by atoms with Gasteiger partial charge in [-0.15, -0.1) is 0 Å². The van der Waals surface area contributed by atoms with Crippen LogP contribution < -0.4 is 5.49 Å². The number of halogens is 2. The first-order valence-electron chi connectivity index (χ1n) is 7.01. The van der Waals surface area contributed by atoms with Gasteiger partial charge in [0.15, 0.2) is 11.1 Å². The standard InChI is InChI=1S/C15H15Cl2N5O/c1-23-6-5-18-14-13-15(20-8-19-13)22(9-21-14)7-10-11(16)3-2-4-12(10)17/h2-4,8-9H,5-7H2,1H3,(H,19,20). The van der Waals surface area contributed by atoms with Gasteiger partial charge < -0.3 is 14.3 Å². The van der Waals surface area contributed by atoms with Crippen LogP contribution in [0.2, 0.25) is 10.0 Å². The van der Waals surface area contributed by atoms with Crippen LogP contribution in [0.1, 0.15) is 5.56 Å². The van der Waals surface area contributed by atoms with E-state index in [-0.39, 0.29) is 0 Å². The summed E-state index contributed by atoms with van der Waals surface area (Å²) in [7, 11) is 1.64. The summed E-state index contributed by atoms with van der Waals surface area (Å²) in [6.07, 6.45) is 3.31. The molecule has 0 aliphatic heterocycles. The van der Waals surface area contributed by atoms with Crippen LogP contribution in [0.5, 0.6) is 0 Å². The van der Waals surface area contributed by atoms with Gasteiger partial charge in [-0.25, -0.2) is 9.97 Å². The number of benzene rings is 1. The molecular formula is C15H15Cl2N5O. The Hall–Kier alpha value is -1.89. The fourth-order valence-electron chi connectivity index (χ4n) is 2.25. The molecule has 1 aromatic carbocycles. The first-order chi connectivity index (χ1) is 11.2. The smallest absolute Gasteiger partial charge is 0.176 e. The third-order valence-corrected chi connectivity index (χ3v) is 4.09. The predicted octanol–water partition coefficient (Wildman–Crippen LogP) is 2.66. The molecule has 0 aliphatic rings. The monoisotopic (exact) mass is 351 g/mol. The number of hydrogen-bond donors (Lipinski definition) is 1. The quantitative estimate of drug-likeness (QED) is 0.718. The molecule has 0 aliphatic carbocycles. The zero-order valence-corrected chi connectivity index (χ0v) is 14.0. The van der Waals surface area contributed by atoms with Crippen molar-refractivity contribution < 1.29 is 4.74 Å². The van der Waals surface area contributed by atoms with E-state index < -0.39 is 0 Å². The Morgan fingerprint density at radius 3 is 2.78 bits per heavy atom. The molecule has 2 heterocycles. The lowest BCUT2D eigenvalue weighted by atomic mass is 10.2. The molecule has 0 atom stereocenters. The third kappa shape index (κ3) is 3.39. The summed E-state index contributed by atoms with van der Waals surface area (Å²) in [5, 5.41) is 1.23. The van der Waals surface area contributed by atoms with Crippen molar-refractivity contribution >= 4 is 34.4 Å². The van der Waals surface area contributed by atoms with Crippen molar-refractivity contribution in [2.75, 3.05) is 20.3 Å². The van der Waals surface area contributed by atoms with E-state index in [1.54, 1.807) is 19.8 Å². The number of ether oxygens (including phenoxy) is 1. The highest BCUT2D eigenvalue weighted by molar-refractivity contribution is 6.35. The summed E-state index contributed by atoms with van der Waals surface area (Å²) in [5.74, 6) is 0. The summed E-state index contributed by atoms with van der Waals surface area (Å²) in [4.78, 5) is 16.2. The second kappa shape index (κ2) is 7.12.